The van der Waals surface area contributed by atoms with Gasteiger partial charge in [0.2, 0.25) is 5.79 Å². The van der Waals surface area contributed by atoms with Gasteiger partial charge in [0.15, 0.2) is 0 Å². The van der Waals surface area contributed by atoms with Crippen LogP contribution in [-0.4, -0.2) is 124 Å². The Morgan fingerprint density at radius 3 is 2.30 bits per heavy atom. The highest BCUT2D eigenvalue weighted by atomic mass is 16.7. The second kappa shape index (κ2) is 20.3. The van der Waals surface area contributed by atoms with Gasteiger partial charge in [0, 0.05) is 44.9 Å². The second-order valence-corrected chi connectivity index (χ2v) is 17.1. The smallest absolute Gasteiger partial charge is 0.329 e. The average Bonchev–Trinajstić information content (AvgIpc) is 3.16. The van der Waals surface area contributed by atoms with Crippen molar-refractivity contribution in [2.24, 2.45) is 29.6 Å². The molecule has 3 fully saturated rings. The maximum absolute atomic E-state index is 14.2. The van der Waals surface area contributed by atoms with E-state index in [4.69, 9.17) is 18.9 Å². The topological polar surface area (TPSA) is 189 Å². The Balaban J connectivity index is 1.76. The maximum atomic E-state index is 14.2. The average molecular weight is 790 g/mol. The molecule has 2 bridgehead atoms. The van der Waals surface area contributed by atoms with Crippen molar-refractivity contribution in [1.29, 1.82) is 0 Å². The fourth-order valence-corrected chi connectivity index (χ4v) is 9.22. The van der Waals surface area contributed by atoms with Crippen LogP contribution in [0.3, 0.4) is 0 Å². The number of ether oxygens (including phenoxy) is 4. The summed E-state index contributed by atoms with van der Waals surface area (Å²) in [5, 5.41) is 45.4. The van der Waals surface area contributed by atoms with Crippen molar-refractivity contribution in [1.82, 2.24) is 4.90 Å². The Hall–Kier alpha value is -2.78. The Morgan fingerprint density at radius 2 is 1.64 bits per heavy atom. The van der Waals surface area contributed by atoms with Crippen LogP contribution < -0.4 is 0 Å². The van der Waals surface area contributed by atoms with Crippen LogP contribution in [-0.2, 0) is 38.1 Å². The fourth-order valence-electron chi connectivity index (χ4n) is 9.22. The number of piperidine rings is 1. The number of hydrogen-bond donors (Lipinski definition) is 4. The zero-order valence-electron chi connectivity index (χ0n) is 34.4. The molecule has 2 saturated heterocycles. The predicted octanol–water partition coefficient (Wildman–Crippen LogP) is 3.98. The molecule has 3 aliphatic heterocycles. The molecule has 0 spiro atoms. The zero-order valence-corrected chi connectivity index (χ0v) is 34.4. The lowest BCUT2D eigenvalue weighted by atomic mass is 9.81. The summed E-state index contributed by atoms with van der Waals surface area (Å²) in [5.41, 5.74) is 1.53. The minimum atomic E-state index is -2.59. The van der Waals surface area contributed by atoms with Crippen molar-refractivity contribution in [3.8, 4) is 0 Å². The molecule has 0 aromatic carbocycles. The summed E-state index contributed by atoms with van der Waals surface area (Å²) >= 11 is 0. The summed E-state index contributed by atoms with van der Waals surface area (Å²) in [5.74, 6) is -8.24. The SMILES string of the molecule is C=CC[C@@H]1C=C(C)C[C@H](C)C[C@H](O)[C@H]2O[C@@](O)(C(=O)C(=O)N3CCCC[C@H]3C(=O)O[C@H](/C(C)=C/[C@@H]3CC[C@@H](O)[C@H](OC)C3)[C@H](C)[C@@H](O)CC1=O)[C@H](C)C[C@@H]2OC. The van der Waals surface area contributed by atoms with Crippen LogP contribution in [0.25, 0.3) is 0 Å². The van der Waals surface area contributed by atoms with Gasteiger partial charge in [0.05, 0.1) is 30.5 Å². The minimum Gasteiger partial charge on any atom is -0.456 e. The van der Waals surface area contributed by atoms with E-state index in [0.717, 1.165) is 10.5 Å². The number of Topliss-reactive ketones (excluding diaryl/α,β-unsaturated/α-hetero) is 2. The fraction of sp³-hybridized carbons (Fsp3) is 0.767. The maximum Gasteiger partial charge on any atom is 0.329 e. The number of aliphatic hydroxyl groups excluding tert-OH is 3. The van der Waals surface area contributed by atoms with Gasteiger partial charge in [-0.15, -0.1) is 6.58 Å². The molecule has 1 aliphatic carbocycles. The van der Waals surface area contributed by atoms with E-state index in [0.29, 0.717) is 50.5 Å². The Bertz CT molecular complexity index is 1460. The number of methoxy groups -OCH3 is 2. The number of amides is 1. The lowest BCUT2D eigenvalue weighted by molar-refractivity contribution is -0.301. The van der Waals surface area contributed by atoms with Gasteiger partial charge in [-0.1, -0.05) is 44.6 Å². The van der Waals surface area contributed by atoms with Crippen LogP contribution in [0.4, 0.5) is 0 Å². The number of nitrogens with zero attached hydrogens (tertiary/aromatic N) is 1. The van der Waals surface area contributed by atoms with Crippen molar-refractivity contribution in [3.63, 3.8) is 0 Å². The monoisotopic (exact) mass is 789 g/mol. The number of esters is 1. The molecule has 1 saturated carbocycles. The first-order chi connectivity index (χ1) is 26.4. The van der Waals surface area contributed by atoms with Crippen LogP contribution in [0.5, 0.6) is 0 Å². The molecule has 13 heteroatoms. The molecule has 56 heavy (non-hydrogen) atoms. The number of carbonyl (C=O) groups excluding carboxylic acids is 4. The van der Waals surface area contributed by atoms with Crippen LogP contribution >= 0.6 is 0 Å². The molecule has 4 aliphatic rings. The summed E-state index contributed by atoms with van der Waals surface area (Å²) < 4.78 is 23.4. The summed E-state index contributed by atoms with van der Waals surface area (Å²) in [7, 11) is 3.01. The molecule has 1 amide bonds. The number of rotatable bonds is 6. The highest BCUT2D eigenvalue weighted by molar-refractivity contribution is 6.39. The summed E-state index contributed by atoms with van der Waals surface area (Å²) in [6.45, 7) is 12.8. The molecular formula is C43H67NO12. The number of fused-ring (bicyclic) bond motifs is 3. The quantitative estimate of drug-likeness (QED) is 0.172. The molecule has 0 aromatic heterocycles. The lowest BCUT2D eigenvalue weighted by Gasteiger charge is -2.46. The molecule has 13 nitrogen and oxygen atoms in total. The van der Waals surface area contributed by atoms with E-state index in [1.807, 2.05) is 26.0 Å². The van der Waals surface area contributed by atoms with Crippen molar-refractivity contribution in [2.45, 2.75) is 160 Å². The predicted molar refractivity (Wildman–Crippen MR) is 208 cm³/mol. The van der Waals surface area contributed by atoms with Gasteiger partial charge >= 0.3 is 5.97 Å². The normalized spacial score (nSPS) is 40.6. The second-order valence-electron chi connectivity index (χ2n) is 17.1. The molecule has 14 atom stereocenters. The third-order valence-electron chi connectivity index (χ3n) is 12.6. The summed E-state index contributed by atoms with van der Waals surface area (Å²) in [6.07, 6.45) is 3.34. The van der Waals surface area contributed by atoms with E-state index >= 15 is 0 Å². The number of aliphatic hydroxyl groups is 4. The van der Waals surface area contributed by atoms with Crippen molar-refractivity contribution in [3.05, 3.63) is 36.0 Å². The van der Waals surface area contributed by atoms with E-state index in [9.17, 15) is 39.6 Å². The first-order valence-electron chi connectivity index (χ1n) is 20.5. The Morgan fingerprint density at radius 1 is 0.946 bits per heavy atom. The van der Waals surface area contributed by atoms with Crippen LogP contribution in [0.2, 0.25) is 0 Å². The van der Waals surface area contributed by atoms with Gasteiger partial charge in [-0.25, -0.2) is 4.79 Å². The molecule has 4 N–H and O–H groups in total. The molecule has 0 unspecified atom stereocenters. The van der Waals surface area contributed by atoms with E-state index in [1.165, 1.54) is 7.11 Å². The van der Waals surface area contributed by atoms with Crippen LogP contribution in [0.1, 0.15) is 105 Å². The number of allylic oxidation sites excluding steroid dienone is 4. The highest BCUT2D eigenvalue weighted by Crippen LogP contribution is 2.39. The van der Waals surface area contributed by atoms with Crippen LogP contribution in [0, 0.1) is 29.6 Å². The highest BCUT2D eigenvalue weighted by Gasteiger charge is 2.56. The van der Waals surface area contributed by atoms with Gasteiger partial charge in [-0.05, 0) is 95.5 Å². The first kappa shape index (κ1) is 45.9. The van der Waals surface area contributed by atoms with E-state index in [2.05, 4.69) is 6.58 Å². The third-order valence-corrected chi connectivity index (χ3v) is 12.6. The number of cyclic esters (lactones) is 1. The largest absolute Gasteiger partial charge is 0.456 e. The van der Waals surface area contributed by atoms with Gasteiger partial charge < -0.3 is 44.3 Å². The summed E-state index contributed by atoms with van der Waals surface area (Å²) in [6, 6.07) is -1.17. The molecule has 0 radical (unpaired) electrons. The van der Waals surface area contributed by atoms with E-state index in [1.54, 1.807) is 34.0 Å². The third kappa shape index (κ3) is 10.8. The van der Waals surface area contributed by atoms with Gasteiger partial charge in [-0.3, -0.25) is 14.4 Å². The Labute approximate surface area is 332 Å². The first-order valence-corrected chi connectivity index (χ1v) is 20.5. The molecule has 3 heterocycles. The molecule has 316 valence electrons. The summed E-state index contributed by atoms with van der Waals surface area (Å²) in [4.78, 5) is 57.4. The van der Waals surface area contributed by atoms with Crippen LogP contribution in [0.15, 0.2) is 36.0 Å². The van der Waals surface area contributed by atoms with Crippen molar-refractivity contribution in [2.75, 3.05) is 20.8 Å². The number of hydrogen-bond acceptors (Lipinski definition) is 12. The number of carbonyl (C=O) groups is 4. The van der Waals surface area contributed by atoms with E-state index in [-0.39, 0.29) is 56.0 Å². The molecule has 4 rings (SSSR count). The van der Waals surface area contributed by atoms with Gasteiger partial charge in [0.1, 0.15) is 24.0 Å². The van der Waals surface area contributed by atoms with Crippen molar-refractivity contribution >= 4 is 23.4 Å². The molecular weight excluding hydrogens is 722 g/mol. The van der Waals surface area contributed by atoms with Gasteiger partial charge in [0.25, 0.3) is 11.7 Å². The van der Waals surface area contributed by atoms with Crippen molar-refractivity contribution < 1.29 is 58.6 Å². The van der Waals surface area contributed by atoms with E-state index < -0.39 is 83.9 Å². The zero-order chi connectivity index (χ0) is 41.5. The standard InChI is InChI=1S/C43H67NO12/c1-9-12-30-18-24(2)17-25(3)19-35(48)39-37(54-8)21-27(5)43(52,56-39)40(49)41(50)44-16-11-10-13-31(44)42(51)55-38(28(6)33(46)23-34(30)47)26(4)20-29-14-15-32(45)36(22-29)53-7/h9,18,20,25,27-33,35-39,45-46,48,52H,1,10-17,19,21-23H2,2-8H3/b24-18?,26-20+/t25-,27+,28+,29-,30+,31-,32+,33-,35-,36+,37-,38+,39+,43+/m0/s1. The number of ketones is 2. The Kier molecular flexibility index (Phi) is 16.6. The molecule has 0 aromatic rings. The lowest BCUT2D eigenvalue weighted by Crippen LogP contribution is -2.64. The van der Waals surface area contributed by atoms with Gasteiger partial charge in [-0.2, -0.15) is 0 Å². The minimum absolute atomic E-state index is 0.0192.